The zero-order valence-electron chi connectivity index (χ0n) is 10.7. The van der Waals surface area contributed by atoms with Crippen molar-refractivity contribution >= 4 is 5.97 Å². The number of aliphatic carboxylic acids is 1. The number of tetrazole rings is 1. The van der Waals surface area contributed by atoms with Crippen molar-refractivity contribution in [2.45, 2.75) is 45.6 Å². The Morgan fingerprint density at radius 1 is 1.50 bits per heavy atom. The summed E-state index contributed by atoms with van der Waals surface area (Å²) in [5.74, 6) is -0.369. The van der Waals surface area contributed by atoms with Crippen molar-refractivity contribution in [3.05, 3.63) is 5.82 Å². The number of methoxy groups -OCH3 is 1. The van der Waals surface area contributed by atoms with E-state index in [0.717, 1.165) is 0 Å². The van der Waals surface area contributed by atoms with Crippen LogP contribution in [-0.4, -0.2) is 50.6 Å². The standard InChI is InChI=1S/C10H18N4O4/c1-7(2)18-6-9-11-12-13-14(9)5-8(17-3)4-10(15)16/h7-8H,4-6H2,1-3H3,(H,15,16). The van der Waals surface area contributed by atoms with Gasteiger partial charge in [0.15, 0.2) is 5.82 Å². The highest BCUT2D eigenvalue weighted by molar-refractivity contribution is 5.67. The molecule has 1 rings (SSSR count). The number of aromatic nitrogens is 4. The fraction of sp³-hybridized carbons (Fsp3) is 0.800. The lowest BCUT2D eigenvalue weighted by molar-refractivity contribution is -0.140. The lowest BCUT2D eigenvalue weighted by atomic mass is 10.2. The molecule has 0 amide bonds. The van der Waals surface area contributed by atoms with Gasteiger partial charge in [-0.3, -0.25) is 4.79 Å². The normalized spacial score (nSPS) is 12.9. The van der Waals surface area contributed by atoms with Gasteiger partial charge in [0, 0.05) is 7.11 Å². The van der Waals surface area contributed by atoms with Gasteiger partial charge < -0.3 is 14.6 Å². The maximum atomic E-state index is 10.6. The zero-order valence-corrected chi connectivity index (χ0v) is 10.7. The summed E-state index contributed by atoms with van der Waals surface area (Å²) in [5.41, 5.74) is 0. The van der Waals surface area contributed by atoms with Gasteiger partial charge in [-0.05, 0) is 24.3 Å². The lowest BCUT2D eigenvalue weighted by Gasteiger charge is -2.14. The summed E-state index contributed by atoms with van der Waals surface area (Å²) in [6.45, 7) is 4.40. The molecule has 0 radical (unpaired) electrons. The van der Waals surface area contributed by atoms with Gasteiger partial charge in [0.2, 0.25) is 0 Å². The van der Waals surface area contributed by atoms with Crippen LogP contribution in [0.25, 0.3) is 0 Å². The van der Waals surface area contributed by atoms with Crippen molar-refractivity contribution in [2.24, 2.45) is 0 Å². The third kappa shape index (κ3) is 4.76. The molecular formula is C10H18N4O4. The molecule has 1 unspecified atom stereocenters. The topological polar surface area (TPSA) is 99.4 Å². The molecule has 0 aromatic carbocycles. The summed E-state index contributed by atoms with van der Waals surface area (Å²) in [7, 11) is 1.46. The van der Waals surface area contributed by atoms with E-state index in [0.29, 0.717) is 5.82 Å². The molecule has 8 heteroatoms. The highest BCUT2D eigenvalue weighted by atomic mass is 16.5. The van der Waals surface area contributed by atoms with Gasteiger partial charge in [0.25, 0.3) is 0 Å². The minimum absolute atomic E-state index is 0.0763. The van der Waals surface area contributed by atoms with Crippen molar-refractivity contribution in [1.82, 2.24) is 20.2 Å². The van der Waals surface area contributed by atoms with Crippen molar-refractivity contribution in [3.63, 3.8) is 0 Å². The lowest BCUT2D eigenvalue weighted by Crippen LogP contribution is -2.24. The minimum Gasteiger partial charge on any atom is -0.481 e. The molecule has 1 aromatic heterocycles. The van der Waals surface area contributed by atoms with E-state index in [1.54, 1.807) is 0 Å². The average molecular weight is 258 g/mol. The fourth-order valence-corrected chi connectivity index (χ4v) is 1.32. The Morgan fingerprint density at radius 3 is 2.78 bits per heavy atom. The fourth-order valence-electron chi connectivity index (χ4n) is 1.32. The van der Waals surface area contributed by atoms with Crippen LogP contribution < -0.4 is 0 Å². The predicted molar refractivity (Wildman–Crippen MR) is 60.8 cm³/mol. The third-order valence-corrected chi connectivity index (χ3v) is 2.26. The molecule has 0 saturated carbocycles. The van der Waals surface area contributed by atoms with E-state index in [1.165, 1.54) is 11.8 Å². The number of carboxylic acid groups (broad SMARTS) is 1. The number of rotatable bonds is 8. The molecule has 8 nitrogen and oxygen atoms in total. The first-order valence-corrected chi connectivity index (χ1v) is 5.64. The highest BCUT2D eigenvalue weighted by Gasteiger charge is 2.16. The Morgan fingerprint density at radius 2 is 2.22 bits per heavy atom. The largest absolute Gasteiger partial charge is 0.481 e. The summed E-state index contributed by atoms with van der Waals surface area (Å²) in [4.78, 5) is 10.6. The number of ether oxygens (including phenoxy) is 2. The van der Waals surface area contributed by atoms with Crippen LogP contribution in [0.5, 0.6) is 0 Å². The van der Waals surface area contributed by atoms with Crippen LogP contribution in [0.4, 0.5) is 0 Å². The SMILES string of the molecule is COC(CC(=O)O)Cn1nnnc1COC(C)C. The van der Waals surface area contributed by atoms with Gasteiger partial charge >= 0.3 is 5.97 Å². The van der Waals surface area contributed by atoms with E-state index in [-0.39, 0.29) is 25.7 Å². The van der Waals surface area contributed by atoms with E-state index in [1.807, 2.05) is 13.8 Å². The maximum absolute atomic E-state index is 10.6. The van der Waals surface area contributed by atoms with Crippen LogP contribution in [-0.2, 0) is 27.4 Å². The van der Waals surface area contributed by atoms with Crippen LogP contribution in [0.3, 0.4) is 0 Å². The molecule has 0 spiro atoms. The summed E-state index contributed by atoms with van der Waals surface area (Å²) in [5, 5.41) is 19.9. The first-order chi connectivity index (χ1) is 8.52. The Balaban J connectivity index is 2.60. The average Bonchev–Trinajstić information content (AvgIpc) is 2.72. The smallest absolute Gasteiger partial charge is 0.306 e. The Bertz CT molecular complexity index is 380. The molecule has 1 aromatic rings. The van der Waals surface area contributed by atoms with E-state index < -0.39 is 12.1 Å². The zero-order chi connectivity index (χ0) is 13.5. The highest BCUT2D eigenvalue weighted by Crippen LogP contribution is 2.04. The molecule has 0 fully saturated rings. The predicted octanol–water partition coefficient (Wildman–Crippen LogP) is 0.0878. The first kappa shape index (κ1) is 14.5. The molecule has 0 aliphatic heterocycles. The summed E-state index contributed by atoms with van der Waals surface area (Å²) < 4.78 is 12.0. The molecule has 18 heavy (non-hydrogen) atoms. The van der Waals surface area contributed by atoms with Crippen LogP contribution in [0.2, 0.25) is 0 Å². The number of carbonyl (C=O) groups is 1. The van der Waals surface area contributed by atoms with Gasteiger partial charge in [0.1, 0.15) is 6.61 Å². The second kappa shape index (κ2) is 7.02. The van der Waals surface area contributed by atoms with Gasteiger partial charge in [-0.2, -0.15) is 0 Å². The summed E-state index contributed by atoms with van der Waals surface area (Å²) in [6.07, 6.45) is -0.489. The first-order valence-electron chi connectivity index (χ1n) is 5.64. The number of carboxylic acids is 1. The molecule has 0 aliphatic carbocycles. The van der Waals surface area contributed by atoms with E-state index >= 15 is 0 Å². The number of hydrogen-bond donors (Lipinski definition) is 1. The summed E-state index contributed by atoms with van der Waals surface area (Å²) >= 11 is 0. The molecule has 0 bridgehead atoms. The molecule has 0 aliphatic rings. The molecule has 1 heterocycles. The monoisotopic (exact) mass is 258 g/mol. The Kier molecular flexibility index (Phi) is 5.66. The molecular weight excluding hydrogens is 240 g/mol. The van der Waals surface area contributed by atoms with Crippen LogP contribution in [0, 0.1) is 0 Å². The maximum Gasteiger partial charge on any atom is 0.306 e. The molecule has 1 atom stereocenters. The van der Waals surface area contributed by atoms with Gasteiger partial charge in [-0.1, -0.05) is 0 Å². The van der Waals surface area contributed by atoms with Crippen molar-refractivity contribution in [2.75, 3.05) is 7.11 Å². The second-order valence-corrected chi connectivity index (χ2v) is 4.09. The van der Waals surface area contributed by atoms with Gasteiger partial charge in [-0.25, -0.2) is 4.68 Å². The molecule has 102 valence electrons. The minimum atomic E-state index is -0.921. The Labute approximate surface area is 105 Å². The Hall–Kier alpha value is -1.54. The third-order valence-electron chi connectivity index (χ3n) is 2.26. The molecule has 0 saturated heterocycles. The number of hydrogen-bond acceptors (Lipinski definition) is 6. The van der Waals surface area contributed by atoms with Gasteiger partial charge in [-0.15, -0.1) is 5.10 Å². The van der Waals surface area contributed by atoms with Crippen molar-refractivity contribution < 1.29 is 19.4 Å². The van der Waals surface area contributed by atoms with Crippen LogP contribution >= 0.6 is 0 Å². The van der Waals surface area contributed by atoms with E-state index in [4.69, 9.17) is 14.6 Å². The van der Waals surface area contributed by atoms with Crippen LogP contribution in [0.15, 0.2) is 0 Å². The summed E-state index contributed by atoms with van der Waals surface area (Å²) in [6, 6.07) is 0. The van der Waals surface area contributed by atoms with Crippen LogP contribution in [0.1, 0.15) is 26.1 Å². The van der Waals surface area contributed by atoms with Gasteiger partial charge in [0.05, 0.1) is 25.2 Å². The quantitative estimate of drug-likeness (QED) is 0.705. The van der Waals surface area contributed by atoms with Crippen molar-refractivity contribution in [3.8, 4) is 0 Å². The van der Waals surface area contributed by atoms with E-state index in [9.17, 15) is 4.79 Å². The van der Waals surface area contributed by atoms with E-state index in [2.05, 4.69) is 15.5 Å². The van der Waals surface area contributed by atoms with Crippen molar-refractivity contribution in [1.29, 1.82) is 0 Å². The second-order valence-electron chi connectivity index (χ2n) is 4.09. The number of nitrogens with zero attached hydrogens (tertiary/aromatic N) is 4. The molecule has 1 N–H and O–H groups in total.